The molecule has 136 valence electrons. The van der Waals surface area contributed by atoms with E-state index < -0.39 is 32.0 Å². The van der Waals surface area contributed by atoms with Crippen LogP contribution in [0.3, 0.4) is 0 Å². The molecule has 0 aliphatic rings. The predicted octanol–water partition coefficient (Wildman–Crippen LogP) is 0.215. The second-order valence-electron chi connectivity index (χ2n) is 4.93. The first-order valence-corrected chi connectivity index (χ1v) is 11.0. The molecule has 2 rings (SSSR count). The van der Waals surface area contributed by atoms with E-state index in [1.165, 1.54) is 19.1 Å². The second kappa shape index (κ2) is 7.43. The molecule has 2 aromatic rings. The Morgan fingerprint density at radius 2 is 1.68 bits per heavy atom. The van der Waals surface area contributed by atoms with Crippen LogP contribution >= 0.6 is 11.3 Å². The van der Waals surface area contributed by atoms with E-state index in [-0.39, 0.29) is 15.2 Å². The Labute approximate surface area is 148 Å². The molecule has 1 aromatic heterocycles. The first kappa shape index (κ1) is 19.2. The normalized spacial score (nSPS) is 13.2. The SMILES string of the molecule is C[C@H](NS(=O)(=O)c1ccccc1)C(=O)Nc1nnc(NS(C)(=O)=O)s1. The van der Waals surface area contributed by atoms with E-state index in [2.05, 4.69) is 25.0 Å². The number of rotatable bonds is 7. The number of sulfonamides is 2. The molecule has 0 saturated heterocycles. The Bertz CT molecular complexity index is 956. The van der Waals surface area contributed by atoms with Gasteiger partial charge in [0, 0.05) is 0 Å². The van der Waals surface area contributed by atoms with Crippen LogP contribution in [0.2, 0.25) is 0 Å². The van der Waals surface area contributed by atoms with Crippen LogP contribution in [0.1, 0.15) is 6.92 Å². The van der Waals surface area contributed by atoms with E-state index in [9.17, 15) is 21.6 Å². The van der Waals surface area contributed by atoms with Crippen LogP contribution in [-0.2, 0) is 24.8 Å². The highest BCUT2D eigenvalue weighted by Gasteiger charge is 2.23. The number of amides is 1. The molecule has 25 heavy (non-hydrogen) atoms. The molecule has 0 bridgehead atoms. The van der Waals surface area contributed by atoms with Gasteiger partial charge in [0.2, 0.25) is 36.2 Å². The zero-order chi connectivity index (χ0) is 18.7. The van der Waals surface area contributed by atoms with Crippen LogP contribution < -0.4 is 14.8 Å². The summed E-state index contributed by atoms with van der Waals surface area (Å²) in [4.78, 5) is 12.1. The molecule has 13 heteroatoms. The summed E-state index contributed by atoms with van der Waals surface area (Å²) in [5.74, 6) is -0.665. The number of hydrogen-bond donors (Lipinski definition) is 3. The first-order valence-electron chi connectivity index (χ1n) is 6.76. The van der Waals surface area contributed by atoms with Gasteiger partial charge in [-0.05, 0) is 19.1 Å². The monoisotopic (exact) mass is 405 g/mol. The third-order valence-corrected chi connectivity index (χ3v) is 5.71. The minimum Gasteiger partial charge on any atom is -0.299 e. The van der Waals surface area contributed by atoms with Gasteiger partial charge >= 0.3 is 0 Å². The largest absolute Gasteiger partial charge is 0.299 e. The molecule has 1 heterocycles. The number of nitrogens with one attached hydrogen (secondary N) is 3. The molecule has 0 fully saturated rings. The Hall–Kier alpha value is -2.09. The van der Waals surface area contributed by atoms with Crippen LogP contribution in [-0.4, -0.2) is 45.2 Å². The Morgan fingerprint density at radius 1 is 1.08 bits per heavy atom. The van der Waals surface area contributed by atoms with Gasteiger partial charge < -0.3 is 0 Å². The van der Waals surface area contributed by atoms with Crippen molar-refractivity contribution in [2.75, 3.05) is 16.3 Å². The highest BCUT2D eigenvalue weighted by molar-refractivity contribution is 7.92. The molecule has 1 amide bonds. The number of anilines is 2. The van der Waals surface area contributed by atoms with Gasteiger partial charge in [-0.25, -0.2) is 16.8 Å². The van der Waals surface area contributed by atoms with Gasteiger partial charge in [0.15, 0.2) is 0 Å². The van der Waals surface area contributed by atoms with Gasteiger partial charge in [0.25, 0.3) is 0 Å². The van der Waals surface area contributed by atoms with Crippen molar-refractivity contribution in [3.63, 3.8) is 0 Å². The Morgan fingerprint density at radius 3 is 2.28 bits per heavy atom. The van der Waals surface area contributed by atoms with Crippen molar-refractivity contribution in [2.45, 2.75) is 17.9 Å². The average molecular weight is 405 g/mol. The predicted molar refractivity (Wildman–Crippen MR) is 93.2 cm³/mol. The van der Waals surface area contributed by atoms with Crippen molar-refractivity contribution < 1.29 is 21.6 Å². The summed E-state index contributed by atoms with van der Waals surface area (Å²) >= 11 is 0.798. The molecule has 10 nitrogen and oxygen atoms in total. The van der Waals surface area contributed by atoms with Crippen LogP contribution in [0.5, 0.6) is 0 Å². The van der Waals surface area contributed by atoms with E-state index in [0.29, 0.717) is 0 Å². The molecule has 0 aliphatic carbocycles. The summed E-state index contributed by atoms with van der Waals surface area (Å²) in [5, 5.41) is 9.55. The molecular formula is C12H15N5O5S3. The summed E-state index contributed by atoms with van der Waals surface area (Å²) in [5.41, 5.74) is 0. The quantitative estimate of drug-likeness (QED) is 0.597. The smallest absolute Gasteiger partial charge is 0.244 e. The van der Waals surface area contributed by atoms with Gasteiger partial charge in [-0.15, -0.1) is 10.2 Å². The fourth-order valence-corrected chi connectivity index (χ4v) is 4.34. The summed E-state index contributed by atoms with van der Waals surface area (Å²) < 4.78 is 50.9. The lowest BCUT2D eigenvalue weighted by atomic mass is 10.3. The van der Waals surface area contributed by atoms with Crippen molar-refractivity contribution in [1.82, 2.24) is 14.9 Å². The molecule has 3 N–H and O–H groups in total. The van der Waals surface area contributed by atoms with E-state index in [1.807, 2.05) is 0 Å². The third kappa shape index (κ3) is 5.74. The molecule has 0 saturated carbocycles. The summed E-state index contributed by atoms with van der Waals surface area (Å²) in [6.45, 7) is 1.37. The fourth-order valence-electron chi connectivity index (χ4n) is 1.64. The van der Waals surface area contributed by atoms with Gasteiger partial charge in [-0.1, -0.05) is 29.5 Å². The topological polar surface area (TPSA) is 147 Å². The maximum Gasteiger partial charge on any atom is 0.244 e. The van der Waals surface area contributed by atoms with E-state index in [4.69, 9.17) is 0 Å². The van der Waals surface area contributed by atoms with E-state index in [0.717, 1.165) is 17.6 Å². The van der Waals surface area contributed by atoms with Crippen molar-refractivity contribution >= 4 is 47.6 Å². The van der Waals surface area contributed by atoms with Crippen molar-refractivity contribution in [2.24, 2.45) is 0 Å². The van der Waals surface area contributed by atoms with Crippen molar-refractivity contribution in [1.29, 1.82) is 0 Å². The van der Waals surface area contributed by atoms with Gasteiger partial charge in [0.05, 0.1) is 17.2 Å². The molecule has 0 aliphatic heterocycles. The number of carbonyl (C=O) groups is 1. The van der Waals surface area contributed by atoms with Crippen LogP contribution in [0.25, 0.3) is 0 Å². The number of nitrogens with zero attached hydrogens (tertiary/aromatic N) is 2. The zero-order valence-corrected chi connectivity index (χ0v) is 15.6. The van der Waals surface area contributed by atoms with Gasteiger partial charge in [-0.3, -0.25) is 14.8 Å². The fraction of sp³-hybridized carbons (Fsp3) is 0.250. The van der Waals surface area contributed by atoms with Gasteiger partial charge in [-0.2, -0.15) is 4.72 Å². The van der Waals surface area contributed by atoms with Gasteiger partial charge in [0.1, 0.15) is 0 Å². The molecule has 1 aromatic carbocycles. The standard InChI is InChI=1S/C12H15N5O5S3/c1-8(16-25(21,22)9-6-4-3-5-7-9)10(18)13-11-14-15-12(23-11)17-24(2,19)20/h3-8,16H,1-2H3,(H,15,17)(H,13,14,18)/t8-/m0/s1. The molecule has 0 radical (unpaired) electrons. The average Bonchev–Trinajstić information content (AvgIpc) is 2.92. The summed E-state index contributed by atoms with van der Waals surface area (Å²) in [6.07, 6.45) is 0.951. The lowest BCUT2D eigenvalue weighted by Crippen LogP contribution is -2.41. The van der Waals surface area contributed by atoms with Crippen molar-refractivity contribution in [3.05, 3.63) is 30.3 Å². The van der Waals surface area contributed by atoms with Crippen LogP contribution in [0, 0.1) is 0 Å². The number of aromatic nitrogens is 2. The highest BCUT2D eigenvalue weighted by atomic mass is 32.2. The maximum atomic E-state index is 12.2. The summed E-state index contributed by atoms with van der Waals surface area (Å²) in [6, 6.07) is 6.53. The number of hydrogen-bond acceptors (Lipinski definition) is 8. The van der Waals surface area contributed by atoms with Crippen molar-refractivity contribution in [3.8, 4) is 0 Å². The number of carbonyl (C=O) groups excluding carboxylic acids is 1. The molecule has 1 atom stereocenters. The maximum absolute atomic E-state index is 12.2. The number of benzene rings is 1. The highest BCUT2D eigenvalue weighted by Crippen LogP contribution is 2.20. The minimum atomic E-state index is -3.85. The first-order chi connectivity index (χ1) is 11.6. The Kier molecular flexibility index (Phi) is 5.72. The Balaban J connectivity index is 2.01. The third-order valence-electron chi connectivity index (χ3n) is 2.71. The molecule has 0 unspecified atom stereocenters. The van der Waals surface area contributed by atoms with E-state index >= 15 is 0 Å². The second-order valence-corrected chi connectivity index (χ2v) is 9.37. The zero-order valence-electron chi connectivity index (χ0n) is 13.1. The molecule has 0 spiro atoms. The lowest BCUT2D eigenvalue weighted by molar-refractivity contribution is -0.117. The molecular weight excluding hydrogens is 390 g/mol. The van der Waals surface area contributed by atoms with Crippen LogP contribution in [0.15, 0.2) is 35.2 Å². The van der Waals surface area contributed by atoms with E-state index in [1.54, 1.807) is 18.2 Å². The van der Waals surface area contributed by atoms with Crippen LogP contribution in [0.4, 0.5) is 10.3 Å². The minimum absolute atomic E-state index is 0.0182. The lowest BCUT2D eigenvalue weighted by Gasteiger charge is -2.13. The summed E-state index contributed by atoms with van der Waals surface area (Å²) in [7, 11) is -7.36.